The number of nitrogen functional groups attached to an aromatic ring is 1. The van der Waals surface area contributed by atoms with Crippen LogP contribution in [0.5, 0.6) is 0 Å². The van der Waals surface area contributed by atoms with Crippen LogP contribution in [0.2, 0.25) is 0 Å². The maximum atomic E-state index is 12.1. The van der Waals surface area contributed by atoms with E-state index < -0.39 is 19.9 Å². The fraction of sp³-hybridized carbons (Fsp3) is 0.0833. The first kappa shape index (κ1) is 15.3. The van der Waals surface area contributed by atoms with E-state index in [4.69, 9.17) is 5.73 Å². The van der Waals surface area contributed by atoms with Crippen LogP contribution in [0.3, 0.4) is 0 Å². The van der Waals surface area contributed by atoms with Gasteiger partial charge in [0, 0.05) is 12.5 Å². The fourth-order valence-corrected chi connectivity index (χ4v) is 3.22. The molecule has 0 aliphatic carbocycles. The Morgan fingerprint density at radius 2 is 1.76 bits per heavy atom. The summed E-state index contributed by atoms with van der Waals surface area (Å²) in [5.41, 5.74) is 5.55. The van der Waals surface area contributed by atoms with E-state index in [2.05, 4.69) is 9.71 Å². The van der Waals surface area contributed by atoms with Crippen LogP contribution < -0.4 is 10.5 Å². The molecule has 0 atom stereocenters. The van der Waals surface area contributed by atoms with Gasteiger partial charge < -0.3 is 5.73 Å². The summed E-state index contributed by atoms with van der Waals surface area (Å²) in [6.07, 6.45) is 2.17. The summed E-state index contributed by atoms with van der Waals surface area (Å²) in [7, 11) is -7.27. The molecule has 0 fully saturated rings. The number of nitrogens with zero attached hydrogens (tertiary/aromatic N) is 1. The summed E-state index contributed by atoms with van der Waals surface area (Å²) in [5.74, 6) is 0.202. The average molecular weight is 327 g/mol. The predicted molar refractivity (Wildman–Crippen MR) is 79.0 cm³/mol. The molecular weight excluding hydrogens is 314 g/mol. The molecule has 0 bridgehead atoms. The van der Waals surface area contributed by atoms with Gasteiger partial charge in [0.15, 0.2) is 9.84 Å². The van der Waals surface area contributed by atoms with E-state index in [9.17, 15) is 16.8 Å². The van der Waals surface area contributed by atoms with E-state index in [0.29, 0.717) is 0 Å². The van der Waals surface area contributed by atoms with Crippen LogP contribution in [-0.2, 0) is 19.9 Å². The Morgan fingerprint density at radius 1 is 1.05 bits per heavy atom. The van der Waals surface area contributed by atoms with E-state index in [1.165, 1.54) is 36.4 Å². The van der Waals surface area contributed by atoms with Gasteiger partial charge in [-0.05, 0) is 30.3 Å². The molecule has 9 heteroatoms. The quantitative estimate of drug-likeness (QED) is 0.860. The van der Waals surface area contributed by atoms with Crippen molar-refractivity contribution >= 4 is 31.4 Å². The van der Waals surface area contributed by atoms with E-state index in [1.54, 1.807) is 0 Å². The normalized spacial score (nSPS) is 12.0. The highest BCUT2D eigenvalue weighted by Gasteiger charge is 2.16. The minimum absolute atomic E-state index is 0.0260. The van der Waals surface area contributed by atoms with Crippen LogP contribution in [0.25, 0.3) is 0 Å². The Balaban J connectivity index is 2.35. The molecule has 0 spiro atoms. The summed E-state index contributed by atoms with van der Waals surface area (Å²) < 4.78 is 49.5. The highest BCUT2D eigenvalue weighted by atomic mass is 32.2. The number of aromatic nitrogens is 1. The largest absolute Gasteiger partial charge is 0.384 e. The number of benzene rings is 1. The van der Waals surface area contributed by atoms with Gasteiger partial charge in [-0.1, -0.05) is 6.07 Å². The molecular formula is C12H13N3O4S2. The van der Waals surface area contributed by atoms with Gasteiger partial charge in [-0.25, -0.2) is 21.8 Å². The molecule has 0 aliphatic heterocycles. The lowest BCUT2D eigenvalue weighted by Gasteiger charge is -2.09. The summed E-state index contributed by atoms with van der Waals surface area (Å²) >= 11 is 0. The van der Waals surface area contributed by atoms with E-state index in [-0.39, 0.29) is 21.3 Å². The molecule has 112 valence electrons. The summed E-state index contributed by atoms with van der Waals surface area (Å²) in [5, 5.41) is 0. The Morgan fingerprint density at radius 3 is 2.33 bits per heavy atom. The van der Waals surface area contributed by atoms with Crippen LogP contribution in [0.4, 0.5) is 11.5 Å². The first-order valence-corrected chi connectivity index (χ1v) is 9.10. The molecule has 2 rings (SSSR count). The van der Waals surface area contributed by atoms with Crippen molar-refractivity contribution in [1.29, 1.82) is 0 Å². The zero-order valence-electron chi connectivity index (χ0n) is 11.0. The van der Waals surface area contributed by atoms with Crippen LogP contribution in [0, 0.1) is 0 Å². The molecule has 0 unspecified atom stereocenters. The number of pyridine rings is 1. The third kappa shape index (κ3) is 3.70. The lowest BCUT2D eigenvalue weighted by atomic mass is 10.3. The van der Waals surface area contributed by atoms with Gasteiger partial charge in [0.1, 0.15) is 10.7 Å². The van der Waals surface area contributed by atoms with Gasteiger partial charge in [0.25, 0.3) is 10.0 Å². The lowest BCUT2D eigenvalue weighted by molar-refractivity contribution is 0.598. The smallest absolute Gasteiger partial charge is 0.263 e. The van der Waals surface area contributed by atoms with Gasteiger partial charge in [0.05, 0.1) is 10.6 Å². The van der Waals surface area contributed by atoms with E-state index >= 15 is 0 Å². The molecule has 0 radical (unpaired) electrons. The third-order valence-corrected chi connectivity index (χ3v) is 5.06. The first-order chi connectivity index (χ1) is 9.68. The van der Waals surface area contributed by atoms with Crippen molar-refractivity contribution in [3.05, 3.63) is 42.6 Å². The van der Waals surface area contributed by atoms with Gasteiger partial charge in [-0.3, -0.25) is 4.72 Å². The molecule has 1 heterocycles. The Hall–Kier alpha value is -2.13. The van der Waals surface area contributed by atoms with Crippen LogP contribution in [-0.4, -0.2) is 28.1 Å². The van der Waals surface area contributed by atoms with Gasteiger partial charge in [-0.2, -0.15) is 0 Å². The molecule has 0 saturated carbocycles. The van der Waals surface area contributed by atoms with Crippen LogP contribution >= 0.6 is 0 Å². The molecule has 1 aromatic heterocycles. The summed E-state index contributed by atoms with van der Waals surface area (Å²) in [4.78, 5) is 3.66. The number of hydrogen-bond donors (Lipinski definition) is 2. The predicted octanol–water partition coefficient (Wildman–Crippen LogP) is 0.868. The van der Waals surface area contributed by atoms with Gasteiger partial charge in [0.2, 0.25) is 0 Å². The Labute approximate surface area is 122 Å². The molecule has 0 saturated heterocycles. The summed E-state index contributed by atoms with van der Waals surface area (Å²) in [6, 6.07) is 8.22. The molecule has 21 heavy (non-hydrogen) atoms. The van der Waals surface area contributed by atoms with Crippen LogP contribution in [0.1, 0.15) is 0 Å². The van der Waals surface area contributed by atoms with Crippen LogP contribution in [0.15, 0.2) is 52.4 Å². The van der Waals surface area contributed by atoms with Crippen molar-refractivity contribution in [2.45, 2.75) is 9.79 Å². The number of rotatable bonds is 4. The molecule has 3 N–H and O–H groups in total. The second-order valence-corrected chi connectivity index (χ2v) is 8.02. The Kier molecular flexibility index (Phi) is 3.88. The standard InChI is InChI=1S/C12H13N3O4S2/c1-20(16,17)10-4-2-3-9(7-10)15-21(18,19)11-5-6-12(13)14-8-11/h2-8,15H,1H3,(H2,13,14). The van der Waals surface area contributed by atoms with Crippen molar-refractivity contribution in [1.82, 2.24) is 4.98 Å². The number of nitrogens with two attached hydrogens (primary N) is 1. The monoisotopic (exact) mass is 327 g/mol. The Bertz CT molecular complexity index is 860. The number of nitrogens with one attached hydrogen (secondary N) is 1. The third-order valence-electron chi connectivity index (χ3n) is 2.58. The highest BCUT2D eigenvalue weighted by molar-refractivity contribution is 7.92. The fourth-order valence-electron chi connectivity index (χ4n) is 1.55. The number of anilines is 2. The number of sulfonamides is 1. The summed E-state index contributed by atoms with van der Waals surface area (Å²) in [6.45, 7) is 0. The van der Waals surface area contributed by atoms with E-state index in [1.807, 2.05) is 0 Å². The van der Waals surface area contributed by atoms with Gasteiger partial charge >= 0.3 is 0 Å². The molecule has 0 amide bonds. The highest BCUT2D eigenvalue weighted by Crippen LogP contribution is 2.19. The second kappa shape index (κ2) is 5.34. The van der Waals surface area contributed by atoms with Crippen molar-refractivity contribution in [2.75, 3.05) is 16.7 Å². The topological polar surface area (TPSA) is 119 Å². The minimum Gasteiger partial charge on any atom is -0.384 e. The average Bonchev–Trinajstić information content (AvgIpc) is 2.38. The van der Waals surface area contributed by atoms with Crippen molar-refractivity contribution < 1.29 is 16.8 Å². The maximum Gasteiger partial charge on any atom is 0.263 e. The lowest BCUT2D eigenvalue weighted by Crippen LogP contribution is -2.13. The van der Waals surface area contributed by atoms with Crippen molar-refractivity contribution in [2.24, 2.45) is 0 Å². The molecule has 0 aliphatic rings. The maximum absolute atomic E-state index is 12.1. The minimum atomic E-state index is -3.86. The second-order valence-electron chi connectivity index (χ2n) is 4.32. The van der Waals surface area contributed by atoms with Crippen molar-refractivity contribution in [3.8, 4) is 0 Å². The number of hydrogen-bond acceptors (Lipinski definition) is 6. The SMILES string of the molecule is CS(=O)(=O)c1cccc(NS(=O)(=O)c2ccc(N)nc2)c1. The molecule has 1 aromatic carbocycles. The molecule has 7 nitrogen and oxygen atoms in total. The van der Waals surface area contributed by atoms with Gasteiger partial charge in [-0.15, -0.1) is 0 Å². The number of sulfone groups is 1. The first-order valence-electron chi connectivity index (χ1n) is 5.73. The van der Waals surface area contributed by atoms with Crippen molar-refractivity contribution in [3.63, 3.8) is 0 Å². The zero-order valence-corrected chi connectivity index (χ0v) is 12.6. The van der Waals surface area contributed by atoms with E-state index in [0.717, 1.165) is 12.5 Å². The molecule has 2 aromatic rings. The zero-order chi connectivity index (χ0) is 15.7.